The number of ketones is 2. The average Bonchev–Trinajstić information content (AvgIpc) is 2.30. The van der Waals surface area contributed by atoms with Crippen LogP contribution in [-0.4, -0.2) is 53.3 Å². The number of imide groups is 2. The van der Waals surface area contributed by atoms with Gasteiger partial charge in [-0.2, -0.15) is 0 Å². The lowest BCUT2D eigenvalue weighted by atomic mass is 9.79. The van der Waals surface area contributed by atoms with Crippen molar-refractivity contribution in [1.29, 1.82) is 0 Å². The predicted octanol–water partition coefficient (Wildman–Crippen LogP) is -0.799. The molecule has 0 spiro atoms. The van der Waals surface area contributed by atoms with Crippen molar-refractivity contribution in [3.8, 4) is 0 Å². The van der Waals surface area contributed by atoms with E-state index in [-0.39, 0.29) is 0 Å². The van der Waals surface area contributed by atoms with Crippen LogP contribution < -0.4 is 0 Å². The van der Waals surface area contributed by atoms with E-state index in [1.165, 1.54) is 0 Å². The van der Waals surface area contributed by atoms with Gasteiger partial charge in [-0.25, -0.2) is 4.79 Å². The molecule has 0 unspecified atom stereocenters. The highest BCUT2D eigenvalue weighted by molar-refractivity contribution is 6.49. The molecule has 7 heteroatoms. The minimum Gasteiger partial charge on any atom is -0.291 e. The van der Waals surface area contributed by atoms with Crippen LogP contribution in [0.4, 0.5) is 4.79 Å². The Bertz CT molecular complexity index is 430. The van der Waals surface area contributed by atoms with E-state index in [1.807, 2.05) is 0 Å². The number of rotatable bonds is 2. The van der Waals surface area contributed by atoms with E-state index in [0.717, 1.165) is 27.9 Å². The van der Waals surface area contributed by atoms with E-state index >= 15 is 0 Å². The quantitative estimate of drug-likeness (QED) is 0.465. The molecule has 1 rings (SSSR count). The number of barbiturate groups is 1. The van der Waals surface area contributed by atoms with Crippen LogP contribution in [0, 0.1) is 5.41 Å². The minimum atomic E-state index is -2.14. The molecule has 1 aliphatic heterocycles. The average molecular weight is 240 g/mol. The predicted molar refractivity (Wildman–Crippen MR) is 54.7 cm³/mol. The molecule has 0 aromatic heterocycles. The van der Waals surface area contributed by atoms with Crippen molar-refractivity contribution in [2.24, 2.45) is 5.41 Å². The fraction of sp³-hybridized carbons (Fsp3) is 0.500. The van der Waals surface area contributed by atoms with E-state index in [2.05, 4.69) is 0 Å². The van der Waals surface area contributed by atoms with Gasteiger partial charge in [0.1, 0.15) is 0 Å². The Morgan fingerprint density at radius 2 is 1.35 bits per heavy atom. The maximum atomic E-state index is 11.8. The number of hydrogen-bond acceptors (Lipinski definition) is 5. The van der Waals surface area contributed by atoms with Gasteiger partial charge >= 0.3 is 6.03 Å². The van der Waals surface area contributed by atoms with Crippen molar-refractivity contribution in [3.05, 3.63) is 0 Å². The van der Waals surface area contributed by atoms with Gasteiger partial charge in [-0.1, -0.05) is 0 Å². The molecule has 1 fully saturated rings. The highest BCUT2D eigenvalue weighted by Gasteiger charge is 2.58. The van der Waals surface area contributed by atoms with Crippen LogP contribution in [0.2, 0.25) is 0 Å². The molecule has 0 aliphatic carbocycles. The lowest BCUT2D eigenvalue weighted by Crippen LogP contribution is -2.65. The number of nitrogens with zero attached hydrogens (tertiary/aromatic N) is 2. The van der Waals surface area contributed by atoms with Gasteiger partial charge in [0, 0.05) is 21.0 Å². The first-order valence-electron chi connectivity index (χ1n) is 4.81. The first kappa shape index (κ1) is 13.0. The molecule has 0 bridgehead atoms. The summed E-state index contributed by atoms with van der Waals surface area (Å²) in [4.78, 5) is 59.2. The Morgan fingerprint density at radius 1 is 1.00 bits per heavy atom. The number of urea groups is 1. The SMILES string of the molecule is CC(=O)C(=O)C1(C)C(=O)N(C)C(=O)N(C)C1=O. The molecule has 0 aromatic rings. The van der Waals surface area contributed by atoms with Crippen molar-refractivity contribution in [2.75, 3.05) is 14.1 Å². The van der Waals surface area contributed by atoms with E-state index in [1.54, 1.807) is 0 Å². The fourth-order valence-corrected chi connectivity index (χ4v) is 1.71. The second-order valence-electron chi connectivity index (χ2n) is 4.02. The topological polar surface area (TPSA) is 91.8 Å². The van der Waals surface area contributed by atoms with Gasteiger partial charge < -0.3 is 0 Å². The van der Waals surface area contributed by atoms with Crippen LogP contribution in [0.15, 0.2) is 0 Å². The Morgan fingerprint density at radius 3 is 1.65 bits per heavy atom. The first-order chi connectivity index (χ1) is 7.65. The summed E-state index contributed by atoms with van der Waals surface area (Å²) in [6.07, 6.45) is 0. The lowest BCUT2D eigenvalue weighted by molar-refractivity contribution is -0.162. The molecule has 0 atom stereocenters. The van der Waals surface area contributed by atoms with Crippen LogP contribution in [0.5, 0.6) is 0 Å². The maximum absolute atomic E-state index is 11.8. The molecule has 0 aromatic carbocycles. The third kappa shape index (κ3) is 1.54. The highest BCUT2D eigenvalue weighted by atomic mass is 16.2. The molecular formula is C10H12N2O5. The van der Waals surface area contributed by atoms with Crippen molar-refractivity contribution in [1.82, 2.24) is 9.80 Å². The van der Waals surface area contributed by atoms with E-state index in [9.17, 15) is 24.0 Å². The number of carbonyl (C=O) groups excluding carboxylic acids is 5. The van der Waals surface area contributed by atoms with E-state index < -0.39 is 34.8 Å². The van der Waals surface area contributed by atoms with Crippen molar-refractivity contribution >= 4 is 29.4 Å². The van der Waals surface area contributed by atoms with E-state index in [0.29, 0.717) is 9.80 Å². The van der Waals surface area contributed by atoms with Gasteiger partial charge in [0.2, 0.25) is 5.78 Å². The third-order valence-corrected chi connectivity index (χ3v) is 2.81. The molecule has 92 valence electrons. The molecule has 4 amide bonds. The van der Waals surface area contributed by atoms with Gasteiger partial charge in [-0.3, -0.25) is 29.0 Å². The lowest BCUT2D eigenvalue weighted by Gasteiger charge is -2.37. The van der Waals surface area contributed by atoms with Gasteiger partial charge in [0.25, 0.3) is 11.8 Å². The van der Waals surface area contributed by atoms with Crippen molar-refractivity contribution in [3.63, 3.8) is 0 Å². The van der Waals surface area contributed by atoms with Crippen LogP contribution in [0.25, 0.3) is 0 Å². The summed E-state index contributed by atoms with van der Waals surface area (Å²) in [5, 5.41) is 0. The standard InChI is InChI=1S/C10H12N2O5/c1-5(13)6(14)10(2)7(15)11(3)9(17)12(4)8(10)16/h1-4H3. The normalized spacial score (nSPS) is 19.6. The summed E-state index contributed by atoms with van der Waals surface area (Å²) >= 11 is 0. The highest BCUT2D eigenvalue weighted by Crippen LogP contribution is 2.29. The number of carbonyl (C=O) groups is 5. The summed E-state index contributed by atoms with van der Waals surface area (Å²) in [7, 11) is 2.30. The summed E-state index contributed by atoms with van der Waals surface area (Å²) in [5.74, 6) is -3.97. The second kappa shape index (κ2) is 3.76. The molecule has 1 saturated heterocycles. The Hall–Kier alpha value is -2.05. The Labute approximate surface area is 97.3 Å². The summed E-state index contributed by atoms with van der Waals surface area (Å²) in [6.45, 7) is 2.03. The zero-order valence-electron chi connectivity index (χ0n) is 9.94. The monoisotopic (exact) mass is 240 g/mol. The van der Waals surface area contributed by atoms with Crippen molar-refractivity contribution in [2.45, 2.75) is 13.8 Å². The van der Waals surface area contributed by atoms with Crippen LogP contribution in [0.3, 0.4) is 0 Å². The zero-order chi connectivity index (χ0) is 13.5. The minimum absolute atomic E-state index is 0.655. The Kier molecular flexibility index (Phi) is 2.88. The molecule has 0 radical (unpaired) electrons. The molecule has 1 heterocycles. The molecule has 17 heavy (non-hydrogen) atoms. The number of Topliss-reactive ketones (excluding diaryl/α,β-unsaturated/α-hetero) is 2. The van der Waals surface area contributed by atoms with Gasteiger partial charge in [-0.15, -0.1) is 0 Å². The molecule has 0 saturated carbocycles. The number of amides is 4. The van der Waals surface area contributed by atoms with Gasteiger partial charge in [-0.05, 0) is 6.92 Å². The zero-order valence-corrected chi connectivity index (χ0v) is 9.94. The third-order valence-electron chi connectivity index (χ3n) is 2.81. The number of hydrogen-bond donors (Lipinski definition) is 0. The summed E-state index contributed by atoms with van der Waals surface area (Å²) in [5.41, 5.74) is -2.14. The van der Waals surface area contributed by atoms with Crippen LogP contribution >= 0.6 is 0 Å². The van der Waals surface area contributed by atoms with Crippen LogP contribution in [-0.2, 0) is 19.2 Å². The molecule has 1 aliphatic rings. The Balaban J connectivity index is 3.36. The molecule has 7 nitrogen and oxygen atoms in total. The van der Waals surface area contributed by atoms with Crippen LogP contribution in [0.1, 0.15) is 13.8 Å². The summed E-state index contributed by atoms with van der Waals surface area (Å²) in [6, 6.07) is -0.825. The summed E-state index contributed by atoms with van der Waals surface area (Å²) < 4.78 is 0. The second-order valence-corrected chi connectivity index (χ2v) is 4.02. The largest absolute Gasteiger partial charge is 0.332 e. The van der Waals surface area contributed by atoms with Crippen molar-refractivity contribution < 1.29 is 24.0 Å². The van der Waals surface area contributed by atoms with E-state index in [4.69, 9.17) is 0 Å². The first-order valence-corrected chi connectivity index (χ1v) is 4.81. The molecule has 0 N–H and O–H groups in total. The molecular weight excluding hydrogens is 228 g/mol. The fourth-order valence-electron chi connectivity index (χ4n) is 1.71. The maximum Gasteiger partial charge on any atom is 0.332 e. The van der Waals surface area contributed by atoms with Gasteiger partial charge in [0.15, 0.2) is 11.2 Å². The van der Waals surface area contributed by atoms with Gasteiger partial charge in [0.05, 0.1) is 0 Å². The smallest absolute Gasteiger partial charge is 0.291 e.